The molecule has 2 heterocycles. The van der Waals surface area contributed by atoms with Crippen LogP contribution in [0.3, 0.4) is 0 Å². The first-order valence-corrected chi connectivity index (χ1v) is 8.18. The van der Waals surface area contributed by atoms with Gasteiger partial charge in [0.25, 0.3) is 0 Å². The number of carbonyl (C=O) groups is 2. The maximum Gasteiger partial charge on any atom is 0.249 e. The number of fused-ring (bicyclic) bond motifs is 1. The Morgan fingerprint density at radius 1 is 1.19 bits per heavy atom. The summed E-state index contributed by atoms with van der Waals surface area (Å²) >= 11 is 1.69. The number of amides is 2. The van der Waals surface area contributed by atoms with Gasteiger partial charge >= 0.3 is 0 Å². The van der Waals surface area contributed by atoms with Crippen molar-refractivity contribution < 1.29 is 9.59 Å². The molecular weight excluding hydrogens is 284 g/mol. The van der Waals surface area contributed by atoms with Crippen molar-refractivity contribution in [3.8, 4) is 0 Å². The van der Waals surface area contributed by atoms with Gasteiger partial charge in [0, 0.05) is 23.4 Å². The van der Waals surface area contributed by atoms with E-state index in [4.69, 9.17) is 0 Å². The van der Waals surface area contributed by atoms with Gasteiger partial charge in [0.15, 0.2) is 0 Å². The number of carbonyl (C=O) groups excluding carboxylic acids is 2. The SMILES string of the molecule is O=C1CCN(c2ccc3sccc3c2)C(=O)C(C2CC2)N1. The molecule has 0 radical (unpaired) electrons. The molecule has 2 fully saturated rings. The summed E-state index contributed by atoms with van der Waals surface area (Å²) < 4.78 is 1.22. The number of hydrogen-bond acceptors (Lipinski definition) is 3. The van der Waals surface area contributed by atoms with Gasteiger partial charge in [0.2, 0.25) is 11.8 Å². The smallest absolute Gasteiger partial charge is 0.249 e. The molecule has 4 nitrogen and oxygen atoms in total. The zero-order valence-corrected chi connectivity index (χ0v) is 12.4. The van der Waals surface area contributed by atoms with E-state index in [1.54, 1.807) is 16.2 Å². The largest absolute Gasteiger partial charge is 0.344 e. The van der Waals surface area contributed by atoms with Crippen LogP contribution >= 0.6 is 11.3 Å². The second-order valence-corrected chi connectivity index (χ2v) is 6.71. The minimum atomic E-state index is -0.335. The van der Waals surface area contributed by atoms with Crippen molar-refractivity contribution in [1.29, 1.82) is 0 Å². The topological polar surface area (TPSA) is 49.4 Å². The third-order valence-electron chi connectivity index (χ3n) is 4.25. The maximum atomic E-state index is 12.8. The molecule has 2 aliphatic rings. The molecule has 1 N–H and O–H groups in total. The van der Waals surface area contributed by atoms with Crippen LogP contribution in [-0.4, -0.2) is 24.4 Å². The summed E-state index contributed by atoms with van der Waals surface area (Å²) in [5.41, 5.74) is 0.896. The van der Waals surface area contributed by atoms with Crippen LogP contribution in [0.5, 0.6) is 0 Å². The summed E-state index contributed by atoms with van der Waals surface area (Å²) in [4.78, 5) is 26.4. The summed E-state index contributed by atoms with van der Waals surface area (Å²) in [6.45, 7) is 0.462. The molecule has 4 rings (SSSR count). The lowest BCUT2D eigenvalue weighted by atomic mass is 10.1. The van der Waals surface area contributed by atoms with Crippen LogP contribution in [-0.2, 0) is 9.59 Å². The molecule has 1 aromatic carbocycles. The van der Waals surface area contributed by atoms with Crippen molar-refractivity contribution in [3.63, 3.8) is 0 Å². The highest BCUT2D eigenvalue weighted by Crippen LogP contribution is 2.35. The first kappa shape index (κ1) is 12.8. The van der Waals surface area contributed by atoms with Crippen LogP contribution in [0.15, 0.2) is 29.6 Å². The Labute approximate surface area is 126 Å². The number of rotatable bonds is 2. The van der Waals surface area contributed by atoms with Gasteiger partial charge in [-0.1, -0.05) is 0 Å². The number of benzene rings is 1. The third kappa shape index (κ3) is 2.31. The minimum Gasteiger partial charge on any atom is -0.344 e. The number of thiophene rings is 1. The lowest BCUT2D eigenvalue weighted by Gasteiger charge is -2.24. The molecule has 1 saturated carbocycles. The summed E-state index contributed by atoms with van der Waals surface area (Å²) in [6, 6.07) is 7.81. The Morgan fingerprint density at radius 2 is 2.05 bits per heavy atom. The van der Waals surface area contributed by atoms with Crippen LogP contribution in [0.25, 0.3) is 10.1 Å². The molecule has 0 bridgehead atoms. The molecule has 2 aromatic rings. The Kier molecular flexibility index (Phi) is 2.96. The highest BCUT2D eigenvalue weighted by molar-refractivity contribution is 7.17. The number of nitrogens with zero attached hydrogens (tertiary/aromatic N) is 1. The summed E-state index contributed by atoms with van der Waals surface area (Å²) in [7, 11) is 0. The number of anilines is 1. The lowest BCUT2D eigenvalue weighted by molar-refractivity contribution is -0.126. The van der Waals surface area contributed by atoms with Gasteiger partial charge in [0.05, 0.1) is 0 Å². The third-order valence-corrected chi connectivity index (χ3v) is 5.15. The van der Waals surface area contributed by atoms with Gasteiger partial charge in [-0.15, -0.1) is 11.3 Å². The summed E-state index contributed by atoms with van der Waals surface area (Å²) in [5, 5.41) is 6.10. The predicted octanol–water partition coefficient (Wildman–Crippen LogP) is 2.53. The predicted molar refractivity (Wildman–Crippen MR) is 83.4 cm³/mol. The van der Waals surface area contributed by atoms with Gasteiger partial charge in [-0.3, -0.25) is 9.59 Å². The standard InChI is InChI=1S/C16H16N2O2S/c19-14-5-7-18(16(20)15(17-14)10-1-2-10)12-3-4-13-11(9-12)6-8-21-13/h3-4,6,8-10,15H,1-2,5,7H2,(H,17,19). The van der Waals surface area contributed by atoms with Crippen LogP contribution in [0, 0.1) is 5.92 Å². The molecule has 21 heavy (non-hydrogen) atoms. The highest BCUT2D eigenvalue weighted by atomic mass is 32.1. The maximum absolute atomic E-state index is 12.8. The molecule has 1 atom stereocenters. The lowest BCUT2D eigenvalue weighted by Crippen LogP contribution is -2.46. The van der Waals surface area contributed by atoms with Crippen molar-refractivity contribution in [1.82, 2.24) is 5.32 Å². The van der Waals surface area contributed by atoms with Crippen LogP contribution in [0.1, 0.15) is 19.3 Å². The van der Waals surface area contributed by atoms with Gasteiger partial charge in [0.1, 0.15) is 6.04 Å². The molecular formula is C16H16N2O2S. The normalized spacial score (nSPS) is 23.2. The van der Waals surface area contributed by atoms with Crippen LogP contribution < -0.4 is 10.2 Å². The fourth-order valence-corrected chi connectivity index (χ4v) is 3.70. The highest BCUT2D eigenvalue weighted by Gasteiger charge is 2.41. The van der Waals surface area contributed by atoms with E-state index in [1.165, 1.54) is 4.70 Å². The first-order valence-electron chi connectivity index (χ1n) is 7.30. The van der Waals surface area contributed by atoms with E-state index in [0.29, 0.717) is 18.9 Å². The fraction of sp³-hybridized carbons (Fsp3) is 0.375. The Bertz CT molecular complexity index is 720. The monoisotopic (exact) mass is 300 g/mol. The zero-order chi connectivity index (χ0) is 14.4. The van der Waals surface area contributed by atoms with Crippen molar-refractivity contribution in [2.75, 3.05) is 11.4 Å². The quantitative estimate of drug-likeness (QED) is 0.926. The summed E-state index contributed by atoms with van der Waals surface area (Å²) in [6.07, 6.45) is 2.44. The van der Waals surface area contributed by atoms with Crippen molar-refractivity contribution >= 4 is 38.9 Å². The van der Waals surface area contributed by atoms with E-state index in [0.717, 1.165) is 23.9 Å². The van der Waals surface area contributed by atoms with Crippen molar-refractivity contribution in [2.45, 2.75) is 25.3 Å². The first-order chi connectivity index (χ1) is 10.2. The second-order valence-electron chi connectivity index (χ2n) is 5.77. The molecule has 5 heteroatoms. The van der Waals surface area contributed by atoms with Crippen LogP contribution in [0.2, 0.25) is 0 Å². The van der Waals surface area contributed by atoms with Gasteiger partial charge in [-0.25, -0.2) is 0 Å². The molecule has 1 aliphatic heterocycles. The average molecular weight is 300 g/mol. The molecule has 1 aliphatic carbocycles. The van der Waals surface area contributed by atoms with Gasteiger partial charge in [-0.2, -0.15) is 0 Å². The van der Waals surface area contributed by atoms with Gasteiger partial charge < -0.3 is 10.2 Å². The zero-order valence-electron chi connectivity index (χ0n) is 11.5. The van der Waals surface area contributed by atoms with E-state index in [1.807, 2.05) is 12.1 Å². The van der Waals surface area contributed by atoms with Crippen molar-refractivity contribution in [2.24, 2.45) is 5.92 Å². The van der Waals surface area contributed by atoms with E-state index in [-0.39, 0.29) is 17.9 Å². The molecule has 0 spiro atoms. The number of nitrogens with one attached hydrogen (secondary N) is 1. The van der Waals surface area contributed by atoms with Gasteiger partial charge in [-0.05, 0) is 53.8 Å². The Balaban J connectivity index is 1.70. The van der Waals surface area contributed by atoms with Crippen LogP contribution in [0.4, 0.5) is 5.69 Å². The molecule has 108 valence electrons. The second kappa shape index (κ2) is 4.84. The summed E-state index contributed by atoms with van der Waals surface area (Å²) in [5.74, 6) is 0.351. The van der Waals surface area contributed by atoms with E-state index in [2.05, 4.69) is 22.8 Å². The molecule has 1 saturated heterocycles. The van der Waals surface area contributed by atoms with E-state index >= 15 is 0 Å². The number of hydrogen-bond donors (Lipinski definition) is 1. The fourth-order valence-electron chi connectivity index (χ4n) is 2.93. The Morgan fingerprint density at radius 3 is 2.86 bits per heavy atom. The molecule has 2 amide bonds. The van der Waals surface area contributed by atoms with Crippen molar-refractivity contribution in [3.05, 3.63) is 29.6 Å². The molecule has 1 aromatic heterocycles. The Hall–Kier alpha value is -1.88. The van der Waals surface area contributed by atoms with E-state index < -0.39 is 0 Å². The average Bonchev–Trinajstić information content (AvgIpc) is 3.23. The minimum absolute atomic E-state index is 0.0145. The molecule has 1 unspecified atom stereocenters. The van der Waals surface area contributed by atoms with E-state index in [9.17, 15) is 9.59 Å².